The molecule has 0 aliphatic heterocycles. The fourth-order valence-electron chi connectivity index (χ4n) is 1.35. The van der Waals surface area contributed by atoms with Crippen LogP contribution in [0.25, 0.3) is 0 Å². The van der Waals surface area contributed by atoms with Crippen molar-refractivity contribution in [3.63, 3.8) is 0 Å². The first-order chi connectivity index (χ1) is 7.54. The second-order valence-electron chi connectivity index (χ2n) is 3.85. The van der Waals surface area contributed by atoms with Crippen molar-refractivity contribution in [1.82, 2.24) is 10.5 Å². The van der Waals surface area contributed by atoms with Crippen molar-refractivity contribution in [2.45, 2.75) is 39.7 Å². The summed E-state index contributed by atoms with van der Waals surface area (Å²) in [6.45, 7) is 5.74. The average Bonchev–Trinajstić information content (AvgIpc) is 2.57. The first-order valence-electron chi connectivity index (χ1n) is 5.41. The van der Waals surface area contributed by atoms with Gasteiger partial charge in [-0.3, -0.25) is 4.79 Å². The van der Waals surface area contributed by atoms with E-state index in [9.17, 15) is 9.90 Å². The summed E-state index contributed by atoms with van der Waals surface area (Å²) in [5, 5.41) is 15.7. The summed E-state index contributed by atoms with van der Waals surface area (Å²) in [6.07, 6.45) is 0.400. The molecule has 0 spiro atoms. The number of carbonyl (C=O) groups excluding carboxylic acids is 1. The molecule has 2 N–H and O–H groups in total. The number of rotatable bonds is 5. The van der Waals surface area contributed by atoms with Crippen LogP contribution in [0, 0.1) is 13.8 Å². The van der Waals surface area contributed by atoms with Crippen LogP contribution in [0.2, 0.25) is 0 Å². The van der Waals surface area contributed by atoms with Gasteiger partial charge >= 0.3 is 0 Å². The summed E-state index contributed by atoms with van der Waals surface area (Å²) in [7, 11) is 0. The summed E-state index contributed by atoms with van der Waals surface area (Å²) < 4.78 is 4.96. The van der Waals surface area contributed by atoms with Crippen LogP contribution >= 0.6 is 0 Å². The number of aliphatic hydroxyl groups excluding tert-OH is 1. The molecule has 1 rings (SSSR count). The van der Waals surface area contributed by atoms with E-state index in [-0.39, 0.29) is 12.3 Å². The molecule has 1 aromatic heterocycles. The maximum Gasteiger partial charge on any atom is 0.224 e. The van der Waals surface area contributed by atoms with Crippen molar-refractivity contribution in [2.75, 3.05) is 6.54 Å². The predicted octanol–water partition coefficient (Wildman–Crippen LogP) is 0.721. The Bertz CT molecular complexity index is 341. The smallest absolute Gasteiger partial charge is 0.224 e. The van der Waals surface area contributed by atoms with Crippen molar-refractivity contribution in [3.05, 3.63) is 17.0 Å². The van der Waals surface area contributed by atoms with Gasteiger partial charge in [-0.1, -0.05) is 12.1 Å². The summed E-state index contributed by atoms with van der Waals surface area (Å²) in [4.78, 5) is 11.5. The molecule has 0 aliphatic carbocycles. The highest BCUT2D eigenvalue weighted by Gasteiger charge is 2.13. The van der Waals surface area contributed by atoms with Gasteiger partial charge in [0.15, 0.2) is 0 Å². The molecule has 1 aromatic rings. The Morgan fingerprint density at radius 2 is 2.25 bits per heavy atom. The molecule has 1 heterocycles. The molecule has 0 fully saturated rings. The first kappa shape index (κ1) is 12.7. The molecule has 0 saturated heterocycles. The Kier molecular flexibility index (Phi) is 4.49. The Balaban J connectivity index is 2.46. The average molecular weight is 226 g/mol. The Labute approximate surface area is 94.8 Å². The summed E-state index contributed by atoms with van der Waals surface area (Å²) in [6, 6.07) is 0. The van der Waals surface area contributed by atoms with E-state index in [1.807, 2.05) is 6.92 Å². The van der Waals surface area contributed by atoms with E-state index < -0.39 is 6.10 Å². The lowest BCUT2D eigenvalue weighted by molar-refractivity contribution is -0.120. The summed E-state index contributed by atoms with van der Waals surface area (Å²) >= 11 is 0. The molecule has 1 amide bonds. The van der Waals surface area contributed by atoms with Crippen LogP contribution in [0.4, 0.5) is 0 Å². The molecular weight excluding hydrogens is 208 g/mol. The number of hydrogen-bond donors (Lipinski definition) is 2. The van der Waals surface area contributed by atoms with Gasteiger partial charge in [0.2, 0.25) is 5.91 Å². The van der Waals surface area contributed by atoms with Gasteiger partial charge in [-0.05, 0) is 20.3 Å². The van der Waals surface area contributed by atoms with Crippen LogP contribution < -0.4 is 5.32 Å². The number of aromatic nitrogens is 1. The van der Waals surface area contributed by atoms with Crippen LogP contribution in [-0.2, 0) is 11.2 Å². The van der Waals surface area contributed by atoms with Crippen LogP contribution in [0.1, 0.15) is 30.4 Å². The van der Waals surface area contributed by atoms with Crippen LogP contribution in [-0.4, -0.2) is 28.8 Å². The maximum atomic E-state index is 11.5. The Hall–Kier alpha value is -1.36. The zero-order valence-electron chi connectivity index (χ0n) is 9.91. The van der Waals surface area contributed by atoms with Gasteiger partial charge in [0.1, 0.15) is 5.76 Å². The topological polar surface area (TPSA) is 75.4 Å². The van der Waals surface area contributed by atoms with E-state index in [1.54, 1.807) is 13.8 Å². The van der Waals surface area contributed by atoms with E-state index in [1.165, 1.54) is 0 Å². The molecule has 0 radical (unpaired) electrons. The number of aliphatic hydroxyl groups is 1. The lowest BCUT2D eigenvalue weighted by atomic mass is 10.1. The summed E-state index contributed by atoms with van der Waals surface area (Å²) in [5.74, 6) is 0.547. The molecule has 16 heavy (non-hydrogen) atoms. The number of carbonyl (C=O) groups is 1. The Morgan fingerprint density at radius 1 is 1.56 bits per heavy atom. The highest BCUT2D eigenvalue weighted by molar-refractivity contribution is 5.79. The SMILES string of the molecule is CCC(O)CNC(=O)Cc1c(C)noc1C. The van der Waals surface area contributed by atoms with E-state index >= 15 is 0 Å². The molecule has 1 atom stereocenters. The van der Waals surface area contributed by atoms with Crippen molar-refractivity contribution in [3.8, 4) is 0 Å². The number of amides is 1. The normalized spacial score (nSPS) is 12.5. The fraction of sp³-hybridized carbons (Fsp3) is 0.636. The lowest BCUT2D eigenvalue weighted by Crippen LogP contribution is -2.32. The Morgan fingerprint density at radius 3 is 2.75 bits per heavy atom. The quantitative estimate of drug-likeness (QED) is 0.775. The van der Waals surface area contributed by atoms with Gasteiger partial charge in [0.25, 0.3) is 0 Å². The van der Waals surface area contributed by atoms with Crippen molar-refractivity contribution < 1.29 is 14.4 Å². The summed E-state index contributed by atoms with van der Waals surface area (Å²) in [5.41, 5.74) is 1.56. The van der Waals surface area contributed by atoms with Crippen molar-refractivity contribution in [1.29, 1.82) is 0 Å². The highest BCUT2D eigenvalue weighted by atomic mass is 16.5. The van der Waals surface area contributed by atoms with E-state index in [0.717, 1.165) is 11.3 Å². The molecule has 0 aliphatic rings. The van der Waals surface area contributed by atoms with E-state index in [2.05, 4.69) is 10.5 Å². The van der Waals surface area contributed by atoms with E-state index in [4.69, 9.17) is 4.52 Å². The molecule has 5 nitrogen and oxygen atoms in total. The molecule has 0 aromatic carbocycles. The third-order valence-corrected chi connectivity index (χ3v) is 2.52. The number of aryl methyl sites for hydroxylation is 2. The monoisotopic (exact) mass is 226 g/mol. The molecular formula is C11H18N2O3. The predicted molar refractivity (Wildman–Crippen MR) is 59.0 cm³/mol. The minimum absolute atomic E-state index is 0.123. The molecule has 90 valence electrons. The zero-order valence-corrected chi connectivity index (χ0v) is 9.91. The largest absolute Gasteiger partial charge is 0.391 e. The maximum absolute atomic E-state index is 11.5. The van der Waals surface area contributed by atoms with Gasteiger partial charge in [0, 0.05) is 12.1 Å². The molecule has 1 unspecified atom stereocenters. The van der Waals surface area contributed by atoms with E-state index in [0.29, 0.717) is 18.7 Å². The third-order valence-electron chi connectivity index (χ3n) is 2.52. The second kappa shape index (κ2) is 5.65. The van der Waals surface area contributed by atoms with Gasteiger partial charge in [0.05, 0.1) is 18.2 Å². The lowest BCUT2D eigenvalue weighted by Gasteiger charge is -2.09. The van der Waals surface area contributed by atoms with Gasteiger partial charge in [-0.15, -0.1) is 0 Å². The highest BCUT2D eigenvalue weighted by Crippen LogP contribution is 2.12. The van der Waals surface area contributed by atoms with Crippen LogP contribution in [0.5, 0.6) is 0 Å². The minimum Gasteiger partial charge on any atom is -0.391 e. The molecule has 0 bridgehead atoms. The standard InChI is InChI=1S/C11H18N2O3/c1-4-9(14)6-12-11(15)5-10-7(2)13-16-8(10)3/h9,14H,4-6H2,1-3H3,(H,12,15). The van der Waals surface area contributed by atoms with Gasteiger partial charge < -0.3 is 14.9 Å². The molecule has 5 heteroatoms. The number of nitrogens with one attached hydrogen (secondary N) is 1. The minimum atomic E-state index is -0.478. The van der Waals surface area contributed by atoms with Crippen LogP contribution in [0.3, 0.4) is 0 Å². The van der Waals surface area contributed by atoms with Gasteiger partial charge in [-0.25, -0.2) is 0 Å². The number of hydrogen-bond acceptors (Lipinski definition) is 4. The fourth-order valence-corrected chi connectivity index (χ4v) is 1.35. The first-order valence-corrected chi connectivity index (χ1v) is 5.41. The number of nitrogens with zero attached hydrogens (tertiary/aromatic N) is 1. The molecule has 0 saturated carbocycles. The zero-order chi connectivity index (χ0) is 12.1. The second-order valence-corrected chi connectivity index (χ2v) is 3.85. The third kappa shape index (κ3) is 3.34. The van der Waals surface area contributed by atoms with Crippen molar-refractivity contribution >= 4 is 5.91 Å². The van der Waals surface area contributed by atoms with Gasteiger partial charge in [-0.2, -0.15) is 0 Å². The van der Waals surface area contributed by atoms with Crippen molar-refractivity contribution in [2.24, 2.45) is 0 Å². The van der Waals surface area contributed by atoms with Crippen LogP contribution in [0.15, 0.2) is 4.52 Å².